The highest BCUT2D eigenvalue weighted by Crippen LogP contribution is 2.50. The number of nitrogens with zero attached hydrogens (tertiary/aromatic N) is 1. The quantitative estimate of drug-likeness (QED) is 0.365. The van der Waals surface area contributed by atoms with E-state index in [1.54, 1.807) is 19.9 Å². The monoisotopic (exact) mass is 419 g/mol. The summed E-state index contributed by atoms with van der Waals surface area (Å²) < 4.78 is 23.7. The van der Waals surface area contributed by atoms with E-state index in [2.05, 4.69) is 13.2 Å². The summed E-state index contributed by atoms with van der Waals surface area (Å²) in [5.74, 6) is -1.72. The van der Waals surface area contributed by atoms with E-state index < -0.39 is 34.1 Å². The van der Waals surface area contributed by atoms with Crippen molar-refractivity contribution < 1.29 is 23.3 Å². The summed E-state index contributed by atoms with van der Waals surface area (Å²) in [6, 6.07) is 7.36. The predicted molar refractivity (Wildman–Crippen MR) is 114 cm³/mol. The number of esters is 2. The average molecular weight is 420 g/mol. The number of rotatable bonds is 8. The number of ether oxygens (including phenoxy) is 2. The first kappa shape index (κ1) is 22.9. The summed E-state index contributed by atoms with van der Waals surface area (Å²) in [7, 11) is 2.21. The number of para-hydroxylation sites is 1. The fourth-order valence-corrected chi connectivity index (χ4v) is 5.04. The normalized spacial score (nSPS) is 18.8. The largest absolute Gasteiger partial charge is 0.465 e. The van der Waals surface area contributed by atoms with Gasteiger partial charge in [-0.15, -0.1) is 0 Å². The molecule has 1 fully saturated rings. The summed E-state index contributed by atoms with van der Waals surface area (Å²) in [4.78, 5) is 28.3. The molecule has 158 valence electrons. The molecule has 0 heterocycles. The lowest BCUT2D eigenvalue weighted by Crippen LogP contribution is -2.40. The van der Waals surface area contributed by atoms with Crippen LogP contribution in [-0.2, 0) is 29.9 Å². The topological polar surface area (TPSA) is 72.9 Å². The van der Waals surface area contributed by atoms with Crippen LogP contribution in [0.15, 0.2) is 52.8 Å². The van der Waals surface area contributed by atoms with Crippen LogP contribution in [0.25, 0.3) is 0 Å². The maximum atomic E-state index is 13.3. The SMILES string of the molecule is C=C1CC(C(=O)OCC)(C(=O)OCC)C[C@@H]1C(=C)S(=O)c1ccccc1N(C)C. The third kappa shape index (κ3) is 4.45. The van der Waals surface area contributed by atoms with Crippen molar-refractivity contribution >= 4 is 28.4 Å². The molecule has 6 nitrogen and oxygen atoms in total. The van der Waals surface area contributed by atoms with Crippen molar-refractivity contribution in [3.8, 4) is 0 Å². The van der Waals surface area contributed by atoms with Crippen LogP contribution in [0.1, 0.15) is 26.7 Å². The number of carbonyl (C=O) groups is 2. The first-order chi connectivity index (χ1) is 13.7. The number of carbonyl (C=O) groups excluding carboxylic acids is 2. The van der Waals surface area contributed by atoms with E-state index in [9.17, 15) is 13.8 Å². The third-order valence-corrected chi connectivity index (χ3v) is 6.59. The second-order valence-corrected chi connectivity index (χ2v) is 8.71. The van der Waals surface area contributed by atoms with Crippen molar-refractivity contribution in [2.45, 2.75) is 31.6 Å². The maximum absolute atomic E-state index is 13.3. The molecule has 0 bridgehead atoms. The Morgan fingerprint density at radius 1 is 1.17 bits per heavy atom. The van der Waals surface area contributed by atoms with Gasteiger partial charge in [-0.05, 0) is 38.8 Å². The fourth-order valence-electron chi connectivity index (χ4n) is 3.60. The Bertz CT molecular complexity index is 827. The highest BCUT2D eigenvalue weighted by Gasteiger charge is 2.56. The van der Waals surface area contributed by atoms with Gasteiger partial charge in [-0.3, -0.25) is 9.59 Å². The van der Waals surface area contributed by atoms with Crippen LogP contribution >= 0.6 is 0 Å². The van der Waals surface area contributed by atoms with Crippen LogP contribution in [0.5, 0.6) is 0 Å². The van der Waals surface area contributed by atoms with Gasteiger partial charge in [-0.25, -0.2) is 4.21 Å². The van der Waals surface area contributed by atoms with Gasteiger partial charge >= 0.3 is 11.9 Å². The summed E-state index contributed by atoms with van der Waals surface area (Å²) in [6.45, 7) is 11.8. The van der Waals surface area contributed by atoms with Gasteiger partial charge in [-0.1, -0.05) is 30.9 Å². The molecule has 29 heavy (non-hydrogen) atoms. The molecular weight excluding hydrogens is 390 g/mol. The van der Waals surface area contributed by atoms with Gasteiger partial charge in [0, 0.05) is 24.9 Å². The Kier molecular flexibility index (Phi) is 7.41. The Morgan fingerprint density at radius 3 is 2.24 bits per heavy atom. The van der Waals surface area contributed by atoms with E-state index in [0.717, 1.165) is 5.69 Å². The lowest BCUT2D eigenvalue weighted by molar-refractivity contribution is -0.171. The average Bonchev–Trinajstić information content (AvgIpc) is 3.06. The molecule has 0 N–H and O–H groups in total. The Morgan fingerprint density at radius 2 is 1.72 bits per heavy atom. The minimum Gasteiger partial charge on any atom is -0.465 e. The lowest BCUT2D eigenvalue weighted by Gasteiger charge is -2.24. The van der Waals surface area contributed by atoms with Crippen molar-refractivity contribution in [3.05, 3.63) is 47.9 Å². The first-order valence-corrected chi connectivity index (χ1v) is 10.7. The van der Waals surface area contributed by atoms with Gasteiger partial charge in [0.25, 0.3) is 0 Å². The molecule has 1 saturated carbocycles. The van der Waals surface area contributed by atoms with Gasteiger partial charge < -0.3 is 14.4 Å². The van der Waals surface area contributed by atoms with E-state index in [4.69, 9.17) is 9.47 Å². The molecule has 1 aromatic carbocycles. The molecule has 7 heteroatoms. The zero-order valence-corrected chi connectivity index (χ0v) is 18.3. The molecule has 1 aliphatic carbocycles. The van der Waals surface area contributed by atoms with Crippen molar-refractivity contribution in [2.24, 2.45) is 11.3 Å². The van der Waals surface area contributed by atoms with E-state index in [1.165, 1.54) is 0 Å². The summed E-state index contributed by atoms with van der Waals surface area (Å²) >= 11 is 0. The van der Waals surface area contributed by atoms with Crippen molar-refractivity contribution in [3.63, 3.8) is 0 Å². The number of hydrogen-bond acceptors (Lipinski definition) is 6. The molecule has 0 amide bonds. The molecule has 0 spiro atoms. The molecule has 1 unspecified atom stereocenters. The molecule has 1 aromatic rings. The smallest absolute Gasteiger partial charge is 0.323 e. The van der Waals surface area contributed by atoms with Crippen LogP contribution in [-0.4, -0.2) is 43.5 Å². The van der Waals surface area contributed by atoms with Crippen LogP contribution < -0.4 is 4.90 Å². The van der Waals surface area contributed by atoms with Gasteiger partial charge in [0.05, 0.1) is 34.6 Å². The van der Waals surface area contributed by atoms with E-state index in [0.29, 0.717) is 15.4 Å². The molecule has 0 aromatic heterocycles. The standard InChI is InChI=1S/C22H29NO5S/c1-7-27-20(24)22(21(25)28-8-2)13-15(3)17(14-22)16(4)29(26)19-12-10-9-11-18(19)23(5)6/h9-12,17H,3-4,7-8,13-14H2,1-2,5-6H3/t17-,29?/m0/s1. The number of benzene rings is 1. The number of allylic oxidation sites excluding steroid dienone is 2. The summed E-state index contributed by atoms with van der Waals surface area (Å²) in [5, 5.41) is 0. The van der Waals surface area contributed by atoms with Crippen LogP contribution in [0.2, 0.25) is 0 Å². The number of hydrogen-bond donors (Lipinski definition) is 0. The van der Waals surface area contributed by atoms with Gasteiger partial charge in [0.1, 0.15) is 0 Å². The van der Waals surface area contributed by atoms with Crippen molar-refractivity contribution in [1.82, 2.24) is 0 Å². The van der Waals surface area contributed by atoms with Gasteiger partial charge in [-0.2, -0.15) is 0 Å². The van der Waals surface area contributed by atoms with Gasteiger partial charge in [0.2, 0.25) is 0 Å². The predicted octanol–water partition coefficient (Wildman–Crippen LogP) is 3.45. The second kappa shape index (κ2) is 9.39. The molecule has 0 saturated heterocycles. The first-order valence-electron chi connectivity index (χ1n) is 9.58. The maximum Gasteiger partial charge on any atom is 0.323 e. The third-order valence-electron chi connectivity index (χ3n) is 5.08. The zero-order valence-electron chi connectivity index (χ0n) is 17.5. The van der Waals surface area contributed by atoms with E-state index >= 15 is 0 Å². The van der Waals surface area contributed by atoms with Crippen molar-refractivity contribution in [2.75, 3.05) is 32.2 Å². The minimum atomic E-state index is -1.54. The van der Waals surface area contributed by atoms with Crippen LogP contribution in [0, 0.1) is 11.3 Å². The Balaban J connectivity index is 2.37. The second-order valence-electron chi connectivity index (χ2n) is 7.21. The lowest BCUT2D eigenvalue weighted by atomic mass is 9.85. The Labute approximate surface area is 175 Å². The summed E-state index contributed by atoms with van der Waals surface area (Å²) in [5.41, 5.74) is -0.0217. The minimum absolute atomic E-state index is 0.0954. The van der Waals surface area contributed by atoms with E-state index in [-0.39, 0.29) is 26.1 Å². The molecular formula is C22H29NO5S. The molecule has 2 atom stereocenters. The molecule has 0 radical (unpaired) electrons. The molecule has 0 aliphatic heterocycles. The van der Waals surface area contributed by atoms with Crippen molar-refractivity contribution in [1.29, 1.82) is 0 Å². The van der Waals surface area contributed by atoms with Gasteiger partial charge in [0.15, 0.2) is 5.41 Å². The highest BCUT2D eigenvalue weighted by atomic mass is 32.2. The molecule has 1 aliphatic rings. The fraction of sp³-hybridized carbons (Fsp3) is 0.455. The van der Waals surface area contributed by atoms with Crippen LogP contribution in [0.3, 0.4) is 0 Å². The highest BCUT2D eigenvalue weighted by molar-refractivity contribution is 7.89. The molecule has 2 rings (SSSR count). The summed E-state index contributed by atoms with van der Waals surface area (Å²) in [6.07, 6.45) is 0.194. The number of anilines is 1. The zero-order chi connectivity index (χ0) is 21.8. The Hall–Kier alpha value is -2.41. The van der Waals surface area contributed by atoms with E-state index in [1.807, 2.05) is 37.2 Å². The van der Waals surface area contributed by atoms with Crippen LogP contribution in [0.4, 0.5) is 5.69 Å².